The normalized spacial score (nSPS) is 15.1. The third-order valence-corrected chi connectivity index (χ3v) is 5.32. The topological polar surface area (TPSA) is 58.1 Å². The van der Waals surface area contributed by atoms with Gasteiger partial charge in [0.2, 0.25) is 0 Å². The Bertz CT molecular complexity index is 548. The Labute approximate surface area is 192 Å². The molecule has 1 saturated heterocycles. The number of ether oxygens (including phenoxy) is 2. The lowest BCUT2D eigenvalue weighted by atomic mass is 10.3. The van der Waals surface area contributed by atoms with Gasteiger partial charge in [-0.05, 0) is 18.2 Å². The van der Waals surface area contributed by atoms with Crippen molar-refractivity contribution in [2.24, 2.45) is 4.99 Å². The zero-order valence-electron chi connectivity index (χ0n) is 15.8. The minimum absolute atomic E-state index is 0. The fraction of sp³-hybridized carbons (Fsp3) is 0.611. The number of halogens is 2. The maximum Gasteiger partial charge on any atom is 0.191 e. The summed E-state index contributed by atoms with van der Waals surface area (Å²) in [5.74, 6) is 3.76. The maximum absolute atomic E-state index is 5.73. The van der Waals surface area contributed by atoms with Gasteiger partial charge >= 0.3 is 0 Å². The molecule has 2 rings (SSSR count). The van der Waals surface area contributed by atoms with Gasteiger partial charge in [0.1, 0.15) is 5.75 Å². The smallest absolute Gasteiger partial charge is 0.191 e. The number of aliphatic imine (C=N–C) groups is 1. The van der Waals surface area contributed by atoms with Crippen LogP contribution >= 0.6 is 51.7 Å². The Hall–Kier alpha value is -0.230. The third kappa shape index (κ3) is 11.4. The first-order valence-corrected chi connectivity index (χ1v) is 10.9. The third-order valence-electron chi connectivity index (χ3n) is 3.88. The molecule has 0 aromatic heterocycles. The van der Waals surface area contributed by atoms with Gasteiger partial charge in [0.25, 0.3) is 0 Å². The van der Waals surface area contributed by atoms with Gasteiger partial charge in [-0.15, -0.1) is 24.0 Å². The fourth-order valence-electron chi connectivity index (χ4n) is 2.50. The van der Waals surface area contributed by atoms with Crippen LogP contribution in [0.3, 0.4) is 0 Å². The highest BCUT2D eigenvalue weighted by atomic mass is 127. The Morgan fingerprint density at radius 2 is 2.04 bits per heavy atom. The number of thioether (sulfide) groups is 1. The number of hydrogen-bond acceptors (Lipinski definition) is 5. The summed E-state index contributed by atoms with van der Waals surface area (Å²) >= 11 is 5.32. The first-order chi connectivity index (χ1) is 12.8. The van der Waals surface area contributed by atoms with Crippen molar-refractivity contribution in [3.8, 4) is 5.75 Å². The summed E-state index contributed by atoms with van der Waals surface area (Å²) in [5, 5.41) is 6.71. The highest BCUT2D eigenvalue weighted by Crippen LogP contribution is 2.17. The Kier molecular flexibility index (Phi) is 14.4. The minimum atomic E-state index is 0. The summed E-state index contributed by atoms with van der Waals surface area (Å²) < 4.78 is 12.1. The Morgan fingerprint density at radius 1 is 1.26 bits per heavy atom. The second-order valence-electron chi connectivity index (χ2n) is 5.80. The van der Waals surface area contributed by atoms with Crippen LogP contribution in [0.25, 0.3) is 0 Å². The number of nitrogens with one attached hydrogen (secondary N) is 2. The molecule has 0 bridgehead atoms. The van der Waals surface area contributed by atoms with Crippen molar-refractivity contribution in [3.05, 3.63) is 28.7 Å². The van der Waals surface area contributed by atoms with Gasteiger partial charge in [-0.3, -0.25) is 9.89 Å². The predicted octanol–water partition coefficient (Wildman–Crippen LogP) is 2.68. The summed E-state index contributed by atoms with van der Waals surface area (Å²) in [6.45, 7) is 7.25. The van der Waals surface area contributed by atoms with Gasteiger partial charge in [-0.2, -0.15) is 11.8 Å². The van der Waals surface area contributed by atoms with Crippen molar-refractivity contribution in [1.29, 1.82) is 0 Å². The van der Waals surface area contributed by atoms with E-state index in [0.717, 1.165) is 73.6 Å². The fourth-order valence-corrected chi connectivity index (χ4v) is 3.53. The second kappa shape index (κ2) is 15.7. The summed E-state index contributed by atoms with van der Waals surface area (Å²) in [6, 6.07) is 7.94. The SMILES string of the molecule is CN=C(NCCSCCOc1cccc(Br)c1)NCCN1CCOCC1.I. The molecule has 0 aliphatic carbocycles. The van der Waals surface area contributed by atoms with E-state index in [1.165, 1.54) is 0 Å². The zero-order valence-corrected chi connectivity index (χ0v) is 20.5. The molecule has 0 spiro atoms. The molecule has 1 aromatic rings. The maximum atomic E-state index is 5.73. The number of rotatable bonds is 10. The van der Waals surface area contributed by atoms with Crippen LogP contribution in [0.5, 0.6) is 5.75 Å². The molecule has 9 heteroatoms. The van der Waals surface area contributed by atoms with Gasteiger partial charge in [0.05, 0.1) is 19.8 Å². The number of morpholine rings is 1. The average molecular weight is 573 g/mol. The minimum Gasteiger partial charge on any atom is -0.493 e. The van der Waals surface area contributed by atoms with Crippen molar-refractivity contribution < 1.29 is 9.47 Å². The van der Waals surface area contributed by atoms with Gasteiger partial charge in [0.15, 0.2) is 5.96 Å². The molecule has 1 aliphatic heterocycles. The summed E-state index contributed by atoms with van der Waals surface area (Å²) in [7, 11) is 1.81. The van der Waals surface area contributed by atoms with Crippen LogP contribution in [0.2, 0.25) is 0 Å². The number of hydrogen-bond donors (Lipinski definition) is 2. The van der Waals surface area contributed by atoms with E-state index < -0.39 is 0 Å². The molecule has 1 fully saturated rings. The van der Waals surface area contributed by atoms with Gasteiger partial charge < -0.3 is 20.1 Å². The van der Waals surface area contributed by atoms with Gasteiger partial charge in [-0.1, -0.05) is 22.0 Å². The zero-order chi connectivity index (χ0) is 18.5. The van der Waals surface area contributed by atoms with Crippen molar-refractivity contribution in [2.75, 3.05) is 71.1 Å². The molecule has 0 radical (unpaired) electrons. The van der Waals surface area contributed by atoms with E-state index in [-0.39, 0.29) is 24.0 Å². The molecule has 0 saturated carbocycles. The standard InChI is InChI=1S/C18H29BrN4O2S.HI/c1-20-18(21-5-7-23-8-10-24-11-9-23)22-6-13-26-14-12-25-17-4-2-3-16(19)15-17;/h2-4,15H,5-14H2,1H3,(H2,20,21,22);1H. The van der Waals surface area contributed by atoms with Crippen molar-refractivity contribution in [2.45, 2.75) is 0 Å². The molecule has 2 N–H and O–H groups in total. The molecule has 0 amide bonds. The van der Waals surface area contributed by atoms with Crippen LogP contribution in [0, 0.1) is 0 Å². The lowest BCUT2D eigenvalue weighted by Gasteiger charge is -2.26. The average Bonchev–Trinajstić information content (AvgIpc) is 2.66. The molecular formula is C18H30BrIN4O2S. The molecular weight excluding hydrogens is 543 g/mol. The van der Waals surface area contributed by atoms with E-state index in [9.17, 15) is 0 Å². The highest BCUT2D eigenvalue weighted by Gasteiger charge is 2.09. The number of benzene rings is 1. The summed E-state index contributed by atoms with van der Waals surface area (Å²) in [4.78, 5) is 6.67. The predicted molar refractivity (Wildman–Crippen MR) is 129 cm³/mol. The highest BCUT2D eigenvalue weighted by molar-refractivity contribution is 14.0. The largest absolute Gasteiger partial charge is 0.493 e. The van der Waals surface area contributed by atoms with Crippen molar-refractivity contribution in [1.82, 2.24) is 15.5 Å². The van der Waals surface area contributed by atoms with Gasteiger partial charge in [0, 0.05) is 55.7 Å². The van der Waals surface area contributed by atoms with Crippen molar-refractivity contribution >= 4 is 57.6 Å². The van der Waals surface area contributed by atoms with Crippen LogP contribution in [0.15, 0.2) is 33.7 Å². The molecule has 0 unspecified atom stereocenters. The quantitative estimate of drug-likeness (QED) is 0.195. The van der Waals surface area contributed by atoms with Crippen LogP contribution in [-0.2, 0) is 4.74 Å². The molecule has 1 aliphatic rings. The lowest BCUT2D eigenvalue weighted by Crippen LogP contribution is -2.44. The van der Waals surface area contributed by atoms with E-state index in [1.54, 1.807) is 0 Å². The molecule has 6 nitrogen and oxygen atoms in total. The van der Waals surface area contributed by atoms with E-state index >= 15 is 0 Å². The van der Waals surface area contributed by atoms with Crippen LogP contribution in [0.1, 0.15) is 0 Å². The molecule has 1 aromatic carbocycles. The first kappa shape index (κ1) is 24.8. The van der Waals surface area contributed by atoms with E-state index in [1.807, 2.05) is 43.1 Å². The first-order valence-electron chi connectivity index (χ1n) is 8.98. The van der Waals surface area contributed by atoms with Crippen LogP contribution in [0.4, 0.5) is 0 Å². The van der Waals surface area contributed by atoms with E-state index in [2.05, 4.69) is 36.5 Å². The van der Waals surface area contributed by atoms with Crippen LogP contribution < -0.4 is 15.4 Å². The molecule has 1 heterocycles. The lowest BCUT2D eigenvalue weighted by molar-refractivity contribution is 0.0389. The monoisotopic (exact) mass is 572 g/mol. The summed E-state index contributed by atoms with van der Waals surface area (Å²) in [5.41, 5.74) is 0. The van der Waals surface area contributed by atoms with E-state index in [0.29, 0.717) is 6.61 Å². The van der Waals surface area contributed by atoms with Gasteiger partial charge in [-0.25, -0.2) is 0 Å². The summed E-state index contributed by atoms with van der Waals surface area (Å²) in [6.07, 6.45) is 0. The molecule has 154 valence electrons. The number of guanidine groups is 1. The molecule has 27 heavy (non-hydrogen) atoms. The Morgan fingerprint density at radius 3 is 2.78 bits per heavy atom. The van der Waals surface area contributed by atoms with Crippen molar-refractivity contribution in [3.63, 3.8) is 0 Å². The Balaban J connectivity index is 0.00000364. The van der Waals surface area contributed by atoms with E-state index in [4.69, 9.17) is 9.47 Å². The van der Waals surface area contributed by atoms with Crippen LogP contribution in [-0.4, -0.2) is 82.0 Å². The second-order valence-corrected chi connectivity index (χ2v) is 7.94. The number of nitrogens with zero attached hydrogens (tertiary/aromatic N) is 2. The molecule has 0 atom stereocenters.